The first-order chi connectivity index (χ1) is 8.69. The molecule has 0 saturated heterocycles. The average molecular weight is 240 g/mol. The third-order valence-corrected chi connectivity index (χ3v) is 3.13. The van der Waals surface area contributed by atoms with Gasteiger partial charge in [0.15, 0.2) is 0 Å². The predicted octanol–water partition coefficient (Wildman–Crippen LogP) is 3.17. The maximum absolute atomic E-state index is 8.83. The van der Waals surface area contributed by atoms with Gasteiger partial charge in [0.1, 0.15) is 5.75 Å². The van der Waals surface area contributed by atoms with Crippen LogP contribution >= 0.6 is 0 Å². The number of hydrogen-bond donors (Lipinski definition) is 0. The molecule has 18 heavy (non-hydrogen) atoms. The zero-order valence-corrected chi connectivity index (χ0v) is 10.9. The van der Waals surface area contributed by atoms with Crippen molar-refractivity contribution in [3.63, 3.8) is 0 Å². The van der Waals surface area contributed by atoms with E-state index in [0.29, 0.717) is 6.42 Å². The van der Waals surface area contributed by atoms with Gasteiger partial charge in [-0.15, -0.1) is 0 Å². The van der Waals surface area contributed by atoms with Crippen LogP contribution in [-0.2, 0) is 6.42 Å². The summed E-state index contributed by atoms with van der Waals surface area (Å²) in [6.07, 6.45) is 0.439. The van der Waals surface area contributed by atoms with Crippen molar-refractivity contribution in [3.8, 4) is 17.5 Å². The second kappa shape index (κ2) is 4.97. The standard InChI is InChI=1S/C15H16N2O/c1-11-10-13(8-9-16)12(2)17(11)14-6-4-5-7-15(14)18-3/h4-7,10H,8H2,1-3H3. The van der Waals surface area contributed by atoms with E-state index in [-0.39, 0.29) is 0 Å². The van der Waals surface area contributed by atoms with Gasteiger partial charge in [0.05, 0.1) is 25.3 Å². The molecule has 3 heteroatoms. The summed E-state index contributed by atoms with van der Waals surface area (Å²) in [6, 6.07) is 12.2. The van der Waals surface area contributed by atoms with Gasteiger partial charge in [-0.3, -0.25) is 0 Å². The van der Waals surface area contributed by atoms with Gasteiger partial charge in [-0.25, -0.2) is 0 Å². The molecule has 0 aliphatic rings. The third kappa shape index (κ3) is 1.98. The minimum atomic E-state index is 0.439. The van der Waals surface area contributed by atoms with Gasteiger partial charge in [-0.05, 0) is 37.6 Å². The Morgan fingerprint density at radius 1 is 1.28 bits per heavy atom. The summed E-state index contributed by atoms with van der Waals surface area (Å²) in [5.41, 5.74) is 4.29. The van der Waals surface area contributed by atoms with Gasteiger partial charge in [0, 0.05) is 11.4 Å². The smallest absolute Gasteiger partial charge is 0.142 e. The van der Waals surface area contributed by atoms with Crippen LogP contribution in [0.25, 0.3) is 5.69 Å². The SMILES string of the molecule is COc1ccccc1-n1c(C)cc(CC#N)c1C. The summed E-state index contributed by atoms with van der Waals surface area (Å²) in [5.74, 6) is 0.836. The zero-order chi connectivity index (χ0) is 13.1. The minimum Gasteiger partial charge on any atom is -0.495 e. The fraction of sp³-hybridized carbons (Fsp3) is 0.267. The van der Waals surface area contributed by atoms with Crippen molar-refractivity contribution in [1.29, 1.82) is 5.26 Å². The lowest BCUT2D eigenvalue weighted by Gasteiger charge is -2.13. The van der Waals surface area contributed by atoms with Gasteiger partial charge < -0.3 is 9.30 Å². The number of aromatic nitrogens is 1. The number of hydrogen-bond acceptors (Lipinski definition) is 2. The van der Waals surface area contributed by atoms with Crippen molar-refractivity contribution in [3.05, 3.63) is 47.3 Å². The fourth-order valence-corrected chi connectivity index (χ4v) is 2.28. The van der Waals surface area contributed by atoms with Crippen molar-refractivity contribution in [2.75, 3.05) is 7.11 Å². The lowest BCUT2D eigenvalue weighted by Crippen LogP contribution is -2.02. The number of methoxy groups -OCH3 is 1. The quantitative estimate of drug-likeness (QED) is 0.826. The van der Waals surface area contributed by atoms with E-state index in [4.69, 9.17) is 10.00 Å². The Morgan fingerprint density at radius 3 is 2.67 bits per heavy atom. The first kappa shape index (κ1) is 12.3. The highest BCUT2D eigenvalue weighted by molar-refractivity contribution is 5.51. The van der Waals surface area contributed by atoms with E-state index in [2.05, 4.69) is 16.7 Å². The lowest BCUT2D eigenvalue weighted by molar-refractivity contribution is 0.412. The number of nitrogens with zero attached hydrogens (tertiary/aromatic N) is 2. The molecule has 1 aromatic heterocycles. The Hall–Kier alpha value is -2.21. The highest BCUT2D eigenvalue weighted by atomic mass is 16.5. The lowest BCUT2D eigenvalue weighted by atomic mass is 10.2. The number of benzene rings is 1. The van der Waals surface area contributed by atoms with Crippen LogP contribution in [0.1, 0.15) is 17.0 Å². The molecular formula is C15H16N2O. The molecule has 0 aliphatic carbocycles. The summed E-state index contributed by atoms with van der Waals surface area (Å²) < 4.78 is 7.52. The Kier molecular flexibility index (Phi) is 3.38. The Labute approximate surface area is 107 Å². The van der Waals surface area contributed by atoms with E-state index in [9.17, 15) is 0 Å². The minimum absolute atomic E-state index is 0.439. The largest absolute Gasteiger partial charge is 0.495 e. The molecule has 0 unspecified atom stereocenters. The average Bonchev–Trinajstić information content (AvgIpc) is 2.65. The third-order valence-electron chi connectivity index (χ3n) is 3.13. The maximum atomic E-state index is 8.83. The van der Waals surface area contributed by atoms with Gasteiger partial charge in [-0.2, -0.15) is 5.26 Å². The second-order valence-electron chi connectivity index (χ2n) is 4.24. The van der Waals surface area contributed by atoms with Gasteiger partial charge in [0.2, 0.25) is 0 Å². The molecule has 0 fully saturated rings. The molecule has 2 rings (SSSR count). The van der Waals surface area contributed by atoms with Crippen LogP contribution in [-0.4, -0.2) is 11.7 Å². The molecule has 1 heterocycles. The molecule has 0 saturated carbocycles. The molecular weight excluding hydrogens is 224 g/mol. The number of nitriles is 1. The zero-order valence-electron chi connectivity index (χ0n) is 10.9. The van der Waals surface area contributed by atoms with Crippen LogP contribution in [0.3, 0.4) is 0 Å². The van der Waals surface area contributed by atoms with Crippen LogP contribution in [0.15, 0.2) is 30.3 Å². The van der Waals surface area contributed by atoms with E-state index < -0.39 is 0 Å². The van der Waals surface area contributed by atoms with E-state index in [0.717, 1.165) is 28.4 Å². The summed E-state index contributed by atoms with van der Waals surface area (Å²) in [6.45, 7) is 4.08. The van der Waals surface area contributed by atoms with Crippen LogP contribution < -0.4 is 4.74 Å². The predicted molar refractivity (Wildman–Crippen MR) is 71.1 cm³/mol. The number of ether oxygens (including phenoxy) is 1. The van der Waals surface area contributed by atoms with Crippen molar-refractivity contribution in [2.24, 2.45) is 0 Å². The molecule has 0 atom stereocenters. The van der Waals surface area contributed by atoms with Crippen LogP contribution in [0, 0.1) is 25.2 Å². The molecule has 0 aliphatic heterocycles. The number of aryl methyl sites for hydroxylation is 1. The second-order valence-corrected chi connectivity index (χ2v) is 4.24. The van der Waals surface area contributed by atoms with E-state index >= 15 is 0 Å². The molecule has 3 nitrogen and oxygen atoms in total. The van der Waals surface area contributed by atoms with Gasteiger partial charge in [0.25, 0.3) is 0 Å². The van der Waals surface area contributed by atoms with Crippen molar-refractivity contribution in [1.82, 2.24) is 4.57 Å². The molecule has 0 bridgehead atoms. The first-order valence-electron chi connectivity index (χ1n) is 5.87. The van der Waals surface area contributed by atoms with E-state index in [1.54, 1.807) is 7.11 Å². The van der Waals surface area contributed by atoms with Gasteiger partial charge >= 0.3 is 0 Å². The van der Waals surface area contributed by atoms with Crippen LogP contribution in [0.2, 0.25) is 0 Å². The van der Waals surface area contributed by atoms with Crippen LogP contribution in [0.5, 0.6) is 5.75 Å². The fourth-order valence-electron chi connectivity index (χ4n) is 2.28. The van der Waals surface area contributed by atoms with Crippen molar-refractivity contribution >= 4 is 0 Å². The molecule has 0 amide bonds. The molecule has 2 aromatic rings. The normalized spacial score (nSPS) is 10.1. The van der Waals surface area contributed by atoms with Crippen LogP contribution in [0.4, 0.5) is 0 Å². The Bertz CT molecular complexity index is 605. The Morgan fingerprint density at radius 2 is 2.00 bits per heavy atom. The Balaban J connectivity index is 2.61. The highest BCUT2D eigenvalue weighted by Crippen LogP contribution is 2.27. The number of rotatable bonds is 3. The van der Waals surface area contributed by atoms with Crippen molar-refractivity contribution < 1.29 is 4.74 Å². The summed E-state index contributed by atoms with van der Waals surface area (Å²) in [4.78, 5) is 0. The molecule has 1 aromatic carbocycles. The molecule has 0 spiro atoms. The van der Waals surface area contributed by atoms with E-state index in [1.807, 2.05) is 38.1 Å². The van der Waals surface area contributed by atoms with Crippen molar-refractivity contribution in [2.45, 2.75) is 20.3 Å². The summed E-state index contributed by atoms with van der Waals surface area (Å²) in [5, 5.41) is 8.83. The first-order valence-corrected chi connectivity index (χ1v) is 5.87. The highest BCUT2D eigenvalue weighted by Gasteiger charge is 2.13. The molecule has 0 radical (unpaired) electrons. The maximum Gasteiger partial charge on any atom is 0.142 e. The molecule has 0 N–H and O–H groups in total. The van der Waals surface area contributed by atoms with E-state index in [1.165, 1.54) is 0 Å². The summed E-state index contributed by atoms with van der Waals surface area (Å²) in [7, 11) is 1.67. The number of para-hydroxylation sites is 2. The monoisotopic (exact) mass is 240 g/mol. The molecule has 92 valence electrons. The summed E-state index contributed by atoms with van der Waals surface area (Å²) >= 11 is 0. The van der Waals surface area contributed by atoms with Gasteiger partial charge in [-0.1, -0.05) is 12.1 Å². The topological polar surface area (TPSA) is 38.0 Å².